The highest BCUT2D eigenvalue weighted by atomic mass is 15.3. The van der Waals surface area contributed by atoms with E-state index in [0.29, 0.717) is 5.41 Å². The van der Waals surface area contributed by atoms with Crippen molar-refractivity contribution in [2.45, 2.75) is 59.9 Å². The normalized spacial score (nSPS) is 13.2. The fourth-order valence-corrected chi connectivity index (χ4v) is 1.34. The van der Waals surface area contributed by atoms with Gasteiger partial charge in [0.2, 0.25) is 0 Å². The molecular formula is C13H24N2. The van der Waals surface area contributed by atoms with Crippen LogP contribution in [-0.4, -0.2) is 9.78 Å². The molecule has 1 aromatic rings. The predicted molar refractivity (Wildman–Crippen MR) is 65.0 cm³/mol. The first kappa shape index (κ1) is 12.3. The summed E-state index contributed by atoms with van der Waals surface area (Å²) in [5.74, 6) is 0. The van der Waals surface area contributed by atoms with Gasteiger partial charge in [-0.25, -0.2) is 0 Å². The first-order chi connectivity index (χ1) is 6.68. The van der Waals surface area contributed by atoms with E-state index in [2.05, 4.69) is 63.6 Å². The minimum absolute atomic E-state index is 0.160. The van der Waals surface area contributed by atoms with Gasteiger partial charge in [-0.05, 0) is 17.9 Å². The van der Waals surface area contributed by atoms with Crippen LogP contribution in [0.3, 0.4) is 0 Å². The topological polar surface area (TPSA) is 17.8 Å². The molecule has 0 atom stereocenters. The smallest absolute Gasteiger partial charge is 0.0677 e. The molecule has 0 aliphatic rings. The summed E-state index contributed by atoms with van der Waals surface area (Å²) in [6.07, 6.45) is 3.25. The monoisotopic (exact) mass is 208 g/mol. The number of rotatable bonds is 2. The summed E-state index contributed by atoms with van der Waals surface area (Å²) in [5, 5.41) is 4.60. The molecule has 0 fully saturated rings. The van der Waals surface area contributed by atoms with Crippen LogP contribution in [0.2, 0.25) is 0 Å². The van der Waals surface area contributed by atoms with Crippen molar-refractivity contribution in [3.63, 3.8) is 0 Å². The molecule has 2 heteroatoms. The van der Waals surface area contributed by atoms with Crippen LogP contribution in [0, 0.1) is 5.41 Å². The van der Waals surface area contributed by atoms with E-state index in [9.17, 15) is 0 Å². The van der Waals surface area contributed by atoms with Crippen LogP contribution in [-0.2, 0) is 12.0 Å². The van der Waals surface area contributed by atoms with E-state index in [1.54, 1.807) is 0 Å². The standard InChI is InChI=1S/C13H24N2/c1-12(2,3)8-10-15-9-7-11(14-15)13(4,5)6/h7,9H,8,10H2,1-6H3. The van der Waals surface area contributed by atoms with Gasteiger partial charge >= 0.3 is 0 Å². The Balaban J connectivity index is 2.62. The molecular weight excluding hydrogens is 184 g/mol. The van der Waals surface area contributed by atoms with Gasteiger partial charge in [-0.1, -0.05) is 41.5 Å². The van der Waals surface area contributed by atoms with Gasteiger partial charge < -0.3 is 0 Å². The van der Waals surface area contributed by atoms with E-state index in [1.807, 2.05) is 0 Å². The molecule has 2 nitrogen and oxygen atoms in total. The molecule has 1 rings (SSSR count). The minimum Gasteiger partial charge on any atom is -0.272 e. The molecule has 15 heavy (non-hydrogen) atoms. The van der Waals surface area contributed by atoms with E-state index in [1.165, 1.54) is 5.69 Å². The molecule has 1 heterocycles. The summed E-state index contributed by atoms with van der Waals surface area (Å²) in [7, 11) is 0. The predicted octanol–water partition coefficient (Wildman–Crippen LogP) is 3.62. The third kappa shape index (κ3) is 4.06. The summed E-state index contributed by atoms with van der Waals surface area (Å²) < 4.78 is 2.06. The lowest BCUT2D eigenvalue weighted by Gasteiger charge is -2.18. The second-order valence-corrected chi connectivity index (χ2v) is 6.52. The third-order valence-corrected chi connectivity index (χ3v) is 2.50. The summed E-state index contributed by atoms with van der Waals surface area (Å²) in [5.41, 5.74) is 1.72. The van der Waals surface area contributed by atoms with Crippen molar-refractivity contribution in [3.05, 3.63) is 18.0 Å². The van der Waals surface area contributed by atoms with Crippen LogP contribution < -0.4 is 0 Å². The van der Waals surface area contributed by atoms with Crippen LogP contribution in [0.1, 0.15) is 53.7 Å². The highest BCUT2D eigenvalue weighted by Crippen LogP contribution is 2.22. The minimum atomic E-state index is 0.160. The molecule has 0 amide bonds. The first-order valence-corrected chi connectivity index (χ1v) is 5.72. The lowest BCUT2D eigenvalue weighted by molar-refractivity contribution is 0.339. The molecule has 0 aliphatic heterocycles. The second-order valence-electron chi connectivity index (χ2n) is 6.52. The highest BCUT2D eigenvalue weighted by Gasteiger charge is 2.17. The molecule has 0 bridgehead atoms. The van der Waals surface area contributed by atoms with E-state index in [4.69, 9.17) is 0 Å². The zero-order valence-electron chi connectivity index (χ0n) is 11.0. The molecule has 0 aliphatic carbocycles. The molecule has 0 aromatic carbocycles. The van der Waals surface area contributed by atoms with Crippen LogP contribution in [0.4, 0.5) is 0 Å². The van der Waals surface area contributed by atoms with Gasteiger partial charge in [0.25, 0.3) is 0 Å². The molecule has 0 saturated heterocycles. The first-order valence-electron chi connectivity index (χ1n) is 5.72. The third-order valence-electron chi connectivity index (χ3n) is 2.50. The van der Waals surface area contributed by atoms with Gasteiger partial charge in [0.15, 0.2) is 0 Å². The van der Waals surface area contributed by atoms with Gasteiger partial charge in [-0.2, -0.15) is 5.10 Å². The zero-order chi connectivity index (χ0) is 11.7. The Labute approximate surface area is 93.7 Å². The summed E-state index contributed by atoms with van der Waals surface area (Å²) >= 11 is 0. The fourth-order valence-electron chi connectivity index (χ4n) is 1.34. The summed E-state index contributed by atoms with van der Waals surface area (Å²) in [4.78, 5) is 0. The van der Waals surface area contributed by atoms with Crippen molar-refractivity contribution < 1.29 is 0 Å². The Bertz CT molecular complexity index is 310. The maximum Gasteiger partial charge on any atom is 0.0677 e. The van der Waals surface area contributed by atoms with Crippen molar-refractivity contribution in [1.29, 1.82) is 0 Å². The zero-order valence-corrected chi connectivity index (χ0v) is 11.0. The summed E-state index contributed by atoms with van der Waals surface area (Å²) in [6.45, 7) is 14.4. The molecule has 0 N–H and O–H groups in total. The van der Waals surface area contributed by atoms with Crippen molar-refractivity contribution in [2.24, 2.45) is 5.41 Å². The van der Waals surface area contributed by atoms with E-state index < -0.39 is 0 Å². The number of nitrogens with zero attached hydrogens (tertiary/aromatic N) is 2. The lowest BCUT2D eigenvalue weighted by Crippen LogP contribution is -2.14. The largest absolute Gasteiger partial charge is 0.272 e. The van der Waals surface area contributed by atoms with E-state index >= 15 is 0 Å². The number of hydrogen-bond donors (Lipinski definition) is 0. The Morgan fingerprint density at radius 3 is 2.13 bits per heavy atom. The average molecular weight is 208 g/mol. The van der Waals surface area contributed by atoms with Crippen molar-refractivity contribution in [1.82, 2.24) is 9.78 Å². The second kappa shape index (κ2) is 3.99. The fraction of sp³-hybridized carbons (Fsp3) is 0.769. The Kier molecular flexibility index (Phi) is 3.27. The van der Waals surface area contributed by atoms with Crippen LogP contribution in [0.5, 0.6) is 0 Å². The molecule has 0 saturated carbocycles. The molecule has 0 radical (unpaired) electrons. The van der Waals surface area contributed by atoms with Gasteiger partial charge in [-0.15, -0.1) is 0 Å². The highest BCUT2D eigenvalue weighted by molar-refractivity contribution is 5.10. The van der Waals surface area contributed by atoms with Crippen LogP contribution in [0.15, 0.2) is 12.3 Å². The number of aryl methyl sites for hydroxylation is 1. The summed E-state index contributed by atoms with van der Waals surface area (Å²) in [6, 6.07) is 2.13. The van der Waals surface area contributed by atoms with Gasteiger partial charge in [-0.3, -0.25) is 4.68 Å². The average Bonchev–Trinajstić information content (AvgIpc) is 2.45. The van der Waals surface area contributed by atoms with E-state index in [-0.39, 0.29) is 5.41 Å². The molecule has 1 aromatic heterocycles. The van der Waals surface area contributed by atoms with Gasteiger partial charge in [0.05, 0.1) is 5.69 Å². The van der Waals surface area contributed by atoms with Gasteiger partial charge in [0, 0.05) is 18.2 Å². The number of aromatic nitrogens is 2. The van der Waals surface area contributed by atoms with E-state index in [0.717, 1.165) is 13.0 Å². The lowest BCUT2D eigenvalue weighted by atomic mass is 9.92. The van der Waals surface area contributed by atoms with Gasteiger partial charge in [0.1, 0.15) is 0 Å². The molecule has 86 valence electrons. The molecule has 0 spiro atoms. The Hall–Kier alpha value is -0.790. The Morgan fingerprint density at radius 2 is 1.73 bits per heavy atom. The number of hydrogen-bond acceptors (Lipinski definition) is 1. The maximum absolute atomic E-state index is 4.60. The maximum atomic E-state index is 4.60. The Morgan fingerprint density at radius 1 is 1.13 bits per heavy atom. The van der Waals surface area contributed by atoms with Crippen molar-refractivity contribution in [3.8, 4) is 0 Å². The van der Waals surface area contributed by atoms with Crippen molar-refractivity contribution in [2.75, 3.05) is 0 Å². The van der Waals surface area contributed by atoms with Crippen LogP contribution >= 0.6 is 0 Å². The van der Waals surface area contributed by atoms with Crippen molar-refractivity contribution >= 4 is 0 Å². The quantitative estimate of drug-likeness (QED) is 0.726. The van der Waals surface area contributed by atoms with Crippen LogP contribution in [0.25, 0.3) is 0 Å². The SMILES string of the molecule is CC(C)(C)CCn1ccc(C(C)(C)C)n1. The molecule has 0 unspecified atom stereocenters.